The van der Waals surface area contributed by atoms with Gasteiger partial charge < -0.3 is 19.7 Å². The lowest BCUT2D eigenvalue weighted by Crippen LogP contribution is -2.12. The minimum atomic E-state index is 0.159. The molecule has 0 unspecified atom stereocenters. The van der Waals surface area contributed by atoms with Crippen LogP contribution in [0.4, 0.5) is 0 Å². The number of nitrogens with zero attached hydrogens (tertiary/aromatic N) is 3. The van der Waals surface area contributed by atoms with Gasteiger partial charge in [0.15, 0.2) is 17.3 Å². The molecule has 0 aliphatic carbocycles. The lowest BCUT2D eigenvalue weighted by Gasteiger charge is -2.09. The number of ether oxygens (including phenoxy) is 2. The molecule has 0 atom stereocenters. The highest BCUT2D eigenvalue weighted by atomic mass is 16.5. The van der Waals surface area contributed by atoms with E-state index in [0.29, 0.717) is 30.4 Å². The van der Waals surface area contributed by atoms with Gasteiger partial charge in [0.2, 0.25) is 0 Å². The Morgan fingerprint density at radius 3 is 2.55 bits per heavy atom. The second-order valence-corrected chi connectivity index (χ2v) is 6.24. The predicted molar refractivity (Wildman–Crippen MR) is 114 cm³/mol. The van der Waals surface area contributed by atoms with E-state index in [4.69, 9.17) is 19.7 Å². The fourth-order valence-corrected chi connectivity index (χ4v) is 2.61. The van der Waals surface area contributed by atoms with Crippen molar-refractivity contribution in [2.45, 2.75) is 20.8 Å². The largest absolute Gasteiger partial charge is 0.494 e. The molecule has 2 aromatic carbocycles. The molecule has 0 saturated carbocycles. The Hall–Kier alpha value is -3.61. The molecule has 0 aliphatic heterocycles. The van der Waals surface area contributed by atoms with Crippen LogP contribution in [0.1, 0.15) is 30.7 Å². The third kappa shape index (κ3) is 5.22. The molecule has 3 rings (SSSR count). The second-order valence-electron chi connectivity index (χ2n) is 6.24. The Morgan fingerprint density at radius 1 is 1.07 bits per heavy atom. The summed E-state index contributed by atoms with van der Waals surface area (Å²) in [6.07, 6.45) is 1.58. The quantitative estimate of drug-likeness (QED) is 0.352. The molecule has 0 spiro atoms. The molecule has 1 aromatic heterocycles. The van der Waals surface area contributed by atoms with Crippen LogP contribution < -0.4 is 15.2 Å². The smallest absolute Gasteiger partial charge is 0.175 e. The van der Waals surface area contributed by atoms with Gasteiger partial charge in [0.1, 0.15) is 11.5 Å². The average molecular weight is 392 g/mol. The molecule has 0 bridgehead atoms. The van der Waals surface area contributed by atoms with E-state index in [9.17, 15) is 0 Å². The second kappa shape index (κ2) is 9.54. The molecular weight excluding hydrogens is 368 g/mol. The summed E-state index contributed by atoms with van der Waals surface area (Å²) in [4.78, 5) is 0. The lowest BCUT2D eigenvalue weighted by atomic mass is 10.1. The maximum absolute atomic E-state index is 6.00. The van der Waals surface area contributed by atoms with Crippen molar-refractivity contribution in [2.75, 3.05) is 13.2 Å². The third-order valence-corrected chi connectivity index (χ3v) is 4.07. The average Bonchev–Trinajstić information content (AvgIpc) is 3.21. The van der Waals surface area contributed by atoms with E-state index in [1.54, 1.807) is 12.3 Å². The van der Waals surface area contributed by atoms with E-state index < -0.39 is 0 Å². The monoisotopic (exact) mass is 392 g/mol. The van der Waals surface area contributed by atoms with Crippen LogP contribution in [-0.4, -0.2) is 30.4 Å². The Balaban J connectivity index is 1.75. The maximum atomic E-state index is 6.00. The summed E-state index contributed by atoms with van der Waals surface area (Å²) < 4.78 is 16.5. The first kappa shape index (κ1) is 20.1. The molecule has 2 N–H and O–H groups in total. The normalized spacial score (nSPS) is 11.8. The molecule has 0 radical (unpaired) electrons. The van der Waals surface area contributed by atoms with E-state index in [1.807, 2.05) is 63.2 Å². The minimum Gasteiger partial charge on any atom is -0.494 e. The Morgan fingerprint density at radius 2 is 1.83 bits per heavy atom. The maximum Gasteiger partial charge on any atom is 0.175 e. The molecule has 150 valence electrons. The van der Waals surface area contributed by atoms with Crippen LogP contribution in [0.3, 0.4) is 0 Å². The van der Waals surface area contributed by atoms with Crippen LogP contribution in [0.25, 0.3) is 11.3 Å². The first-order valence-corrected chi connectivity index (χ1v) is 9.41. The number of amidine groups is 1. The number of benzene rings is 2. The molecular formula is C22H24N4O3. The molecule has 29 heavy (non-hydrogen) atoms. The zero-order valence-electron chi connectivity index (χ0n) is 16.8. The van der Waals surface area contributed by atoms with Crippen LogP contribution in [0.5, 0.6) is 11.5 Å². The van der Waals surface area contributed by atoms with Crippen LogP contribution in [0.15, 0.2) is 63.3 Å². The summed E-state index contributed by atoms with van der Waals surface area (Å²) in [5.74, 6) is 2.18. The number of hydrogen-bond acceptors (Lipinski definition) is 6. The number of rotatable bonds is 8. The van der Waals surface area contributed by atoms with Crippen molar-refractivity contribution >= 4 is 12.1 Å². The fourth-order valence-electron chi connectivity index (χ4n) is 2.61. The predicted octanol–water partition coefficient (Wildman–Crippen LogP) is 4.19. The Kier molecular flexibility index (Phi) is 6.63. The van der Waals surface area contributed by atoms with Crippen LogP contribution in [0.2, 0.25) is 0 Å². The van der Waals surface area contributed by atoms with E-state index in [0.717, 1.165) is 16.9 Å². The van der Waals surface area contributed by atoms with Crippen LogP contribution >= 0.6 is 0 Å². The topological polar surface area (TPSA) is 95.2 Å². The van der Waals surface area contributed by atoms with E-state index in [2.05, 4.69) is 15.4 Å². The summed E-state index contributed by atoms with van der Waals surface area (Å²) in [6.45, 7) is 6.99. The van der Waals surface area contributed by atoms with Crippen molar-refractivity contribution in [2.24, 2.45) is 15.9 Å². The van der Waals surface area contributed by atoms with Gasteiger partial charge in [-0.1, -0.05) is 35.0 Å². The van der Waals surface area contributed by atoms with Gasteiger partial charge in [0.25, 0.3) is 0 Å². The van der Waals surface area contributed by atoms with Gasteiger partial charge >= 0.3 is 0 Å². The minimum absolute atomic E-state index is 0.159. The molecule has 0 amide bonds. The van der Waals surface area contributed by atoms with Crippen molar-refractivity contribution in [3.05, 3.63) is 65.4 Å². The van der Waals surface area contributed by atoms with Gasteiger partial charge in [-0.3, -0.25) is 0 Å². The molecule has 0 saturated heterocycles. The fraction of sp³-hybridized carbons (Fsp3) is 0.227. The first-order valence-electron chi connectivity index (χ1n) is 9.41. The summed E-state index contributed by atoms with van der Waals surface area (Å²) in [5, 5.41) is 12.1. The zero-order chi connectivity index (χ0) is 20.6. The molecule has 3 aromatic rings. The van der Waals surface area contributed by atoms with E-state index in [1.165, 1.54) is 5.56 Å². The highest BCUT2D eigenvalue weighted by molar-refractivity contribution is 5.96. The summed E-state index contributed by atoms with van der Waals surface area (Å²) >= 11 is 0. The zero-order valence-corrected chi connectivity index (χ0v) is 16.8. The molecule has 1 heterocycles. The summed E-state index contributed by atoms with van der Waals surface area (Å²) in [6, 6.07) is 15.2. The Labute approximate surface area is 169 Å². The molecule has 0 aliphatic rings. The number of aromatic nitrogens is 1. The van der Waals surface area contributed by atoms with Gasteiger partial charge in [-0.2, -0.15) is 5.10 Å². The number of hydrogen-bond donors (Lipinski definition) is 1. The van der Waals surface area contributed by atoms with E-state index >= 15 is 0 Å². The first-order chi connectivity index (χ1) is 14.1. The van der Waals surface area contributed by atoms with E-state index in [-0.39, 0.29) is 5.84 Å². The lowest BCUT2D eigenvalue weighted by molar-refractivity contribution is 0.323. The van der Waals surface area contributed by atoms with Gasteiger partial charge in [-0.05, 0) is 32.9 Å². The summed E-state index contributed by atoms with van der Waals surface area (Å²) in [5.41, 5.74) is 9.28. The summed E-state index contributed by atoms with van der Waals surface area (Å²) in [7, 11) is 0. The highest BCUT2D eigenvalue weighted by Gasteiger charge is 2.10. The van der Waals surface area contributed by atoms with Crippen molar-refractivity contribution in [3.63, 3.8) is 0 Å². The van der Waals surface area contributed by atoms with Crippen molar-refractivity contribution < 1.29 is 14.0 Å². The number of aryl methyl sites for hydroxylation is 1. The van der Waals surface area contributed by atoms with Crippen molar-refractivity contribution in [1.82, 2.24) is 5.16 Å². The highest BCUT2D eigenvalue weighted by Crippen LogP contribution is 2.24. The molecule has 0 fully saturated rings. The van der Waals surface area contributed by atoms with Crippen LogP contribution in [0, 0.1) is 6.92 Å². The van der Waals surface area contributed by atoms with Crippen molar-refractivity contribution in [3.8, 4) is 22.8 Å². The van der Waals surface area contributed by atoms with Crippen LogP contribution in [-0.2, 0) is 0 Å². The van der Waals surface area contributed by atoms with Gasteiger partial charge in [-0.15, -0.1) is 5.10 Å². The van der Waals surface area contributed by atoms with Gasteiger partial charge in [0, 0.05) is 23.3 Å². The SMILES string of the molecule is CCOc1ccc(C=NN=C(N)c2cc(-c3ccc(C)cc3)on2)c(OCC)c1. The number of nitrogens with two attached hydrogens (primary N) is 1. The Bertz CT molecular complexity index is 1010. The molecule has 7 nitrogen and oxygen atoms in total. The third-order valence-electron chi connectivity index (χ3n) is 4.07. The van der Waals surface area contributed by atoms with Gasteiger partial charge in [0.05, 0.1) is 19.4 Å². The molecule has 7 heteroatoms. The van der Waals surface area contributed by atoms with Gasteiger partial charge in [-0.25, -0.2) is 0 Å². The van der Waals surface area contributed by atoms with Crippen molar-refractivity contribution in [1.29, 1.82) is 0 Å². The standard InChI is InChI=1S/C22H24N4O3/c1-4-27-18-11-10-17(20(12-18)28-5-2)14-24-25-22(23)19-13-21(29-26-19)16-8-6-15(3)7-9-16/h6-14H,4-5H2,1-3H3,(H2,23,25).